The molecule has 0 aliphatic rings. The Bertz CT molecular complexity index is 406. The third-order valence-electron chi connectivity index (χ3n) is 3.21. The zero-order valence-corrected chi connectivity index (χ0v) is 12.1. The number of hydrogen-bond donors (Lipinski definition) is 2. The van der Waals surface area contributed by atoms with Crippen molar-refractivity contribution in [1.82, 2.24) is 4.90 Å². The number of nitrogens with one attached hydrogen (secondary N) is 1. The highest BCUT2D eigenvalue weighted by molar-refractivity contribution is 5.92. The predicted octanol–water partition coefficient (Wildman–Crippen LogP) is 1.85. The number of anilines is 1. The van der Waals surface area contributed by atoms with Crippen LogP contribution in [0, 0.1) is 12.8 Å². The largest absolute Gasteiger partial charge is 0.330 e. The van der Waals surface area contributed by atoms with Gasteiger partial charge in [-0.1, -0.05) is 32.0 Å². The Labute approximate surface area is 116 Å². The van der Waals surface area contributed by atoms with Crippen LogP contribution in [-0.4, -0.2) is 37.0 Å². The molecule has 0 radical (unpaired) electrons. The molecule has 0 aromatic heterocycles. The summed E-state index contributed by atoms with van der Waals surface area (Å²) < 4.78 is 0. The van der Waals surface area contributed by atoms with Crippen LogP contribution in [0.15, 0.2) is 24.3 Å². The first-order valence-corrected chi connectivity index (χ1v) is 6.84. The fraction of sp³-hybridized carbons (Fsp3) is 0.533. The first-order valence-electron chi connectivity index (χ1n) is 6.84. The molecule has 4 heteroatoms. The molecule has 1 amide bonds. The Kier molecular flexibility index (Phi) is 6.53. The van der Waals surface area contributed by atoms with Crippen LogP contribution in [-0.2, 0) is 4.79 Å². The van der Waals surface area contributed by atoms with Gasteiger partial charge in [0, 0.05) is 12.2 Å². The van der Waals surface area contributed by atoms with E-state index in [1.807, 2.05) is 31.2 Å². The molecule has 4 nitrogen and oxygen atoms in total. The normalized spacial score (nSPS) is 12.5. The van der Waals surface area contributed by atoms with Gasteiger partial charge in [0.2, 0.25) is 5.91 Å². The van der Waals surface area contributed by atoms with Gasteiger partial charge in [-0.2, -0.15) is 0 Å². The summed E-state index contributed by atoms with van der Waals surface area (Å²) in [5, 5.41) is 2.95. The molecule has 1 unspecified atom stereocenters. The van der Waals surface area contributed by atoms with Crippen LogP contribution in [0.5, 0.6) is 0 Å². The molecule has 0 bridgehead atoms. The molecule has 0 fully saturated rings. The topological polar surface area (TPSA) is 58.4 Å². The van der Waals surface area contributed by atoms with E-state index < -0.39 is 0 Å². The zero-order chi connectivity index (χ0) is 14.3. The van der Waals surface area contributed by atoms with Gasteiger partial charge in [0.25, 0.3) is 0 Å². The summed E-state index contributed by atoms with van der Waals surface area (Å²) in [7, 11) is 0. The van der Waals surface area contributed by atoms with Gasteiger partial charge in [-0.3, -0.25) is 9.69 Å². The Morgan fingerprint density at radius 1 is 1.42 bits per heavy atom. The molecule has 0 heterocycles. The summed E-state index contributed by atoms with van der Waals surface area (Å²) in [5.41, 5.74) is 7.58. The van der Waals surface area contributed by atoms with E-state index >= 15 is 0 Å². The Morgan fingerprint density at radius 3 is 2.68 bits per heavy atom. The van der Waals surface area contributed by atoms with Crippen molar-refractivity contribution in [1.29, 1.82) is 0 Å². The summed E-state index contributed by atoms with van der Waals surface area (Å²) in [5.74, 6) is 0.437. The van der Waals surface area contributed by atoms with E-state index in [0.717, 1.165) is 24.3 Å². The fourth-order valence-corrected chi connectivity index (χ4v) is 1.93. The first kappa shape index (κ1) is 15.7. The first-order chi connectivity index (χ1) is 9.06. The molecule has 1 aromatic rings. The molecule has 0 saturated heterocycles. The number of hydrogen-bond acceptors (Lipinski definition) is 3. The number of rotatable bonds is 7. The zero-order valence-electron chi connectivity index (χ0n) is 12.1. The number of nitrogens with zero attached hydrogens (tertiary/aromatic N) is 1. The summed E-state index contributed by atoms with van der Waals surface area (Å²) in [6, 6.07) is 7.80. The molecule has 0 aliphatic heterocycles. The molecule has 1 rings (SSSR count). The maximum Gasteiger partial charge on any atom is 0.238 e. The molecule has 106 valence electrons. The Balaban J connectivity index is 2.52. The molecule has 0 saturated carbocycles. The second-order valence-corrected chi connectivity index (χ2v) is 5.03. The minimum atomic E-state index is 0.0281. The number of para-hydroxylation sites is 1. The Morgan fingerprint density at radius 2 is 2.11 bits per heavy atom. The summed E-state index contributed by atoms with van der Waals surface area (Å²) in [6.07, 6.45) is 0. The third-order valence-corrected chi connectivity index (χ3v) is 3.21. The van der Waals surface area contributed by atoms with Crippen LogP contribution in [0.2, 0.25) is 0 Å². The highest BCUT2D eigenvalue weighted by atomic mass is 16.2. The van der Waals surface area contributed by atoms with Gasteiger partial charge in [0.15, 0.2) is 0 Å². The lowest BCUT2D eigenvalue weighted by Crippen LogP contribution is -2.37. The van der Waals surface area contributed by atoms with Gasteiger partial charge in [0.05, 0.1) is 6.54 Å². The maximum atomic E-state index is 12.0. The Hall–Kier alpha value is -1.39. The summed E-state index contributed by atoms with van der Waals surface area (Å²) in [4.78, 5) is 14.1. The van der Waals surface area contributed by atoms with E-state index in [0.29, 0.717) is 19.0 Å². The van der Waals surface area contributed by atoms with E-state index in [9.17, 15) is 4.79 Å². The lowest BCUT2D eigenvalue weighted by atomic mass is 10.1. The van der Waals surface area contributed by atoms with Gasteiger partial charge in [-0.25, -0.2) is 0 Å². The molecule has 1 atom stereocenters. The molecular formula is C15H25N3O. The van der Waals surface area contributed by atoms with Crippen LogP contribution < -0.4 is 11.1 Å². The highest BCUT2D eigenvalue weighted by Crippen LogP contribution is 2.13. The average Bonchev–Trinajstić information content (AvgIpc) is 2.40. The van der Waals surface area contributed by atoms with Crippen molar-refractivity contribution in [3.05, 3.63) is 29.8 Å². The van der Waals surface area contributed by atoms with Gasteiger partial charge < -0.3 is 11.1 Å². The maximum absolute atomic E-state index is 12.0. The average molecular weight is 263 g/mol. The van der Waals surface area contributed by atoms with Crippen LogP contribution >= 0.6 is 0 Å². The van der Waals surface area contributed by atoms with Crippen molar-refractivity contribution in [2.24, 2.45) is 11.7 Å². The number of benzene rings is 1. The van der Waals surface area contributed by atoms with Crippen LogP contribution in [0.1, 0.15) is 19.4 Å². The molecule has 0 aliphatic carbocycles. The smallest absolute Gasteiger partial charge is 0.238 e. The van der Waals surface area contributed by atoms with E-state index in [-0.39, 0.29) is 5.91 Å². The van der Waals surface area contributed by atoms with Gasteiger partial charge in [0.1, 0.15) is 0 Å². The molecule has 3 N–H and O–H groups in total. The number of amides is 1. The monoisotopic (exact) mass is 263 g/mol. The summed E-state index contributed by atoms with van der Waals surface area (Å²) >= 11 is 0. The van der Waals surface area contributed by atoms with Crippen molar-refractivity contribution < 1.29 is 4.79 Å². The molecule has 0 spiro atoms. The number of aryl methyl sites for hydroxylation is 1. The van der Waals surface area contributed by atoms with E-state index in [1.54, 1.807) is 0 Å². The van der Waals surface area contributed by atoms with Crippen molar-refractivity contribution in [2.75, 3.05) is 31.5 Å². The summed E-state index contributed by atoms with van der Waals surface area (Å²) in [6.45, 7) is 8.92. The highest BCUT2D eigenvalue weighted by Gasteiger charge is 2.12. The quantitative estimate of drug-likeness (QED) is 0.789. The van der Waals surface area contributed by atoms with Crippen molar-refractivity contribution in [3.63, 3.8) is 0 Å². The molecule has 1 aromatic carbocycles. The van der Waals surface area contributed by atoms with E-state index in [1.165, 1.54) is 0 Å². The second-order valence-electron chi connectivity index (χ2n) is 5.03. The number of carbonyl (C=O) groups is 1. The second kappa shape index (κ2) is 7.92. The SMILES string of the molecule is CCN(CC(=O)Nc1ccccc1C)CC(C)CN. The van der Waals surface area contributed by atoms with E-state index in [2.05, 4.69) is 24.1 Å². The predicted molar refractivity (Wildman–Crippen MR) is 80.1 cm³/mol. The van der Waals surface area contributed by atoms with Crippen molar-refractivity contribution in [3.8, 4) is 0 Å². The van der Waals surface area contributed by atoms with Gasteiger partial charge >= 0.3 is 0 Å². The van der Waals surface area contributed by atoms with Crippen LogP contribution in [0.25, 0.3) is 0 Å². The van der Waals surface area contributed by atoms with Gasteiger partial charge in [-0.15, -0.1) is 0 Å². The van der Waals surface area contributed by atoms with Crippen molar-refractivity contribution >= 4 is 11.6 Å². The van der Waals surface area contributed by atoms with E-state index in [4.69, 9.17) is 5.73 Å². The number of carbonyl (C=O) groups excluding carboxylic acids is 1. The number of nitrogens with two attached hydrogens (primary N) is 1. The third kappa shape index (κ3) is 5.41. The van der Waals surface area contributed by atoms with Crippen molar-refractivity contribution in [2.45, 2.75) is 20.8 Å². The lowest BCUT2D eigenvalue weighted by Gasteiger charge is -2.23. The minimum absolute atomic E-state index is 0.0281. The van der Waals surface area contributed by atoms with Gasteiger partial charge in [-0.05, 0) is 37.6 Å². The lowest BCUT2D eigenvalue weighted by molar-refractivity contribution is -0.117. The van der Waals surface area contributed by atoms with Crippen LogP contribution in [0.4, 0.5) is 5.69 Å². The molecular weight excluding hydrogens is 238 g/mol. The number of likely N-dealkylation sites (N-methyl/N-ethyl adjacent to an activating group) is 1. The fourth-order valence-electron chi connectivity index (χ4n) is 1.93. The minimum Gasteiger partial charge on any atom is -0.330 e. The standard InChI is InChI=1S/C15H25N3O/c1-4-18(10-12(2)9-16)11-15(19)17-14-8-6-5-7-13(14)3/h5-8,12H,4,9-11,16H2,1-3H3,(H,17,19). The molecule has 19 heavy (non-hydrogen) atoms. The van der Waals surface area contributed by atoms with Crippen LogP contribution in [0.3, 0.4) is 0 Å².